The number of ether oxygens (including phenoxy) is 3. The SMILES string of the molecule is CCCCC/C=C\C/C=C\CCCCCCCCC1(CCCCCCCC/C=C\C/C=C\CCCCC)OC(CCOCCCCCCN)C(CCN(C)C)O1. The number of allylic oxidation sites excluding steroid dienone is 8. The lowest BCUT2D eigenvalue weighted by atomic mass is 9.98. The van der Waals surface area contributed by atoms with Gasteiger partial charge in [-0.25, -0.2) is 0 Å². The van der Waals surface area contributed by atoms with E-state index in [0.29, 0.717) is 0 Å². The van der Waals surface area contributed by atoms with Crippen molar-refractivity contribution < 1.29 is 14.2 Å². The Hall–Kier alpha value is -1.24. The predicted molar refractivity (Wildman–Crippen MR) is 247 cm³/mol. The normalized spacial score (nSPS) is 17.4. The summed E-state index contributed by atoms with van der Waals surface area (Å²) >= 11 is 0. The van der Waals surface area contributed by atoms with E-state index in [1.165, 1.54) is 154 Å². The predicted octanol–water partition coefficient (Wildman–Crippen LogP) is 14.8. The zero-order chi connectivity index (χ0) is 40.5. The maximum absolute atomic E-state index is 7.04. The first-order valence-corrected chi connectivity index (χ1v) is 24.4. The average molecular weight is 785 g/mol. The molecule has 2 N–H and O–H groups in total. The van der Waals surface area contributed by atoms with Gasteiger partial charge in [0.25, 0.3) is 0 Å². The maximum Gasteiger partial charge on any atom is 0.169 e. The lowest BCUT2D eigenvalue weighted by Crippen LogP contribution is -2.31. The molecule has 0 aromatic rings. The van der Waals surface area contributed by atoms with E-state index < -0.39 is 5.79 Å². The third kappa shape index (κ3) is 32.7. The van der Waals surface area contributed by atoms with Crippen LogP contribution in [0.1, 0.15) is 219 Å². The number of nitrogens with two attached hydrogens (primary N) is 1. The van der Waals surface area contributed by atoms with Crippen LogP contribution in [-0.4, -0.2) is 63.3 Å². The van der Waals surface area contributed by atoms with E-state index in [9.17, 15) is 0 Å². The smallest absolute Gasteiger partial charge is 0.169 e. The third-order valence-corrected chi connectivity index (χ3v) is 11.3. The highest BCUT2D eigenvalue weighted by atomic mass is 16.8. The van der Waals surface area contributed by atoms with Crippen LogP contribution < -0.4 is 5.73 Å². The molecule has 0 aromatic carbocycles. The molecule has 56 heavy (non-hydrogen) atoms. The molecule has 1 aliphatic heterocycles. The van der Waals surface area contributed by atoms with Crippen LogP contribution in [0, 0.1) is 0 Å². The zero-order valence-electron chi connectivity index (χ0n) is 38.0. The molecule has 1 fully saturated rings. The van der Waals surface area contributed by atoms with Crippen molar-refractivity contribution in [2.75, 3.05) is 40.4 Å². The van der Waals surface area contributed by atoms with Crippen LogP contribution in [0.2, 0.25) is 0 Å². The second kappa shape index (κ2) is 40.5. The molecule has 0 aromatic heterocycles. The van der Waals surface area contributed by atoms with Crippen molar-refractivity contribution in [3.63, 3.8) is 0 Å². The van der Waals surface area contributed by atoms with Gasteiger partial charge in [-0.2, -0.15) is 0 Å². The zero-order valence-corrected chi connectivity index (χ0v) is 38.0. The quantitative estimate of drug-likeness (QED) is 0.0493. The van der Waals surface area contributed by atoms with Crippen molar-refractivity contribution in [3.05, 3.63) is 48.6 Å². The fourth-order valence-corrected chi connectivity index (χ4v) is 7.74. The van der Waals surface area contributed by atoms with E-state index in [2.05, 4.69) is 81.5 Å². The topological polar surface area (TPSA) is 57.0 Å². The number of hydrogen-bond donors (Lipinski definition) is 1. The molecule has 1 rings (SSSR count). The Labute approximate surface area is 350 Å². The summed E-state index contributed by atoms with van der Waals surface area (Å²) in [6.07, 6.45) is 58.4. The monoisotopic (exact) mass is 785 g/mol. The van der Waals surface area contributed by atoms with Crippen LogP contribution in [0.15, 0.2) is 48.6 Å². The Morgan fingerprint density at radius 3 is 1.36 bits per heavy atom. The largest absolute Gasteiger partial charge is 0.381 e. The van der Waals surface area contributed by atoms with E-state index >= 15 is 0 Å². The standard InChI is InChI=1S/C51H96N2O3/c1-5-7-9-11-13-15-17-19-21-23-25-27-29-31-33-37-43-51(44-38-34-32-30-28-26-24-22-20-18-16-14-12-10-8-6-2)55-49(41-46-53(3)4)50(56-51)42-48-54-47-40-36-35-39-45-52/h13-16,19-22,49-50H,5-12,17-18,23-48,52H2,1-4H3/b15-13-,16-14-,21-19-,22-20-. The van der Waals surface area contributed by atoms with Gasteiger partial charge in [0.15, 0.2) is 5.79 Å². The number of unbranched alkanes of at least 4 members (excludes halogenated alkanes) is 21. The van der Waals surface area contributed by atoms with Crippen LogP contribution >= 0.6 is 0 Å². The summed E-state index contributed by atoms with van der Waals surface area (Å²) in [5.41, 5.74) is 5.66. The third-order valence-electron chi connectivity index (χ3n) is 11.3. The molecule has 0 saturated carbocycles. The van der Waals surface area contributed by atoms with Gasteiger partial charge in [-0.1, -0.05) is 152 Å². The van der Waals surface area contributed by atoms with Crippen molar-refractivity contribution in [3.8, 4) is 0 Å². The summed E-state index contributed by atoms with van der Waals surface area (Å²) < 4.78 is 20.2. The van der Waals surface area contributed by atoms with Gasteiger partial charge in [0.2, 0.25) is 0 Å². The molecule has 5 heteroatoms. The summed E-state index contributed by atoms with van der Waals surface area (Å²) in [6, 6.07) is 0. The van der Waals surface area contributed by atoms with Crippen LogP contribution in [0.4, 0.5) is 0 Å². The van der Waals surface area contributed by atoms with Gasteiger partial charge < -0.3 is 24.8 Å². The number of hydrogen-bond acceptors (Lipinski definition) is 5. The van der Waals surface area contributed by atoms with E-state index in [0.717, 1.165) is 77.7 Å². The fraction of sp³-hybridized carbons (Fsp3) is 0.843. The van der Waals surface area contributed by atoms with E-state index in [-0.39, 0.29) is 12.2 Å². The van der Waals surface area contributed by atoms with Crippen molar-refractivity contribution in [1.29, 1.82) is 0 Å². The molecule has 5 nitrogen and oxygen atoms in total. The molecule has 328 valence electrons. The Morgan fingerprint density at radius 1 is 0.482 bits per heavy atom. The summed E-state index contributed by atoms with van der Waals surface area (Å²) in [6.45, 7) is 7.96. The van der Waals surface area contributed by atoms with Crippen LogP contribution in [0.25, 0.3) is 0 Å². The molecular formula is C51H96N2O3. The molecule has 1 saturated heterocycles. The Bertz CT molecular complexity index is 880. The van der Waals surface area contributed by atoms with Gasteiger partial charge in [-0.05, 0) is 123 Å². The molecule has 0 aliphatic carbocycles. The first kappa shape index (κ1) is 52.8. The Morgan fingerprint density at radius 2 is 0.893 bits per heavy atom. The van der Waals surface area contributed by atoms with Gasteiger partial charge in [0, 0.05) is 32.6 Å². The number of rotatable bonds is 42. The lowest BCUT2D eigenvalue weighted by molar-refractivity contribution is -0.188. The lowest BCUT2D eigenvalue weighted by Gasteiger charge is -2.29. The molecular weight excluding hydrogens is 689 g/mol. The summed E-state index contributed by atoms with van der Waals surface area (Å²) in [4.78, 5) is 2.28. The van der Waals surface area contributed by atoms with Gasteiger partial charge in [0.05, 0.1) is 12.2 Å². The molecule has 2 unspecified atom stereocenters. The van der Waals surface area contributed by atoms with Gasteiger partial charge in [-0.3, -0.25) is 0 Å². The molecule has 0 bridgehead atoms. The Kier molecular flexibility index (Phi) is 38.2. The van der Waals surface area contributed by atoms with Crippen molar-refractivity contribution in [1.82, 2.24) is 4.90 Å². The first-order chi connectivity index (χ1) is 27.6. The van der Waals surface area contributed by atoms with Gasteiger partial charge in [-0.15, -0.1) is 0 Å². The minimum Gasteiger partial charge on any atom is -0.381 e. The molecule has 1 heterocycles. The minimum absolute atomic E-state index is 0.126. The van der Waals surface area contributed by atoms with Crippen LogP contribution in [-0.2, 0) is 14.2 Å². The molecule has 1 aliphatic rings. The van der Waals surface area contributed by atoms with Crippen LogP contribution in [0.3, 0.4) is 0 Å². The Balaban J connectivity index is 2.51. The molecule has 0 amide bonds. The minimum atomic E-state index is -0.422. The molecule has 2 atom stereocenters. The molecule has 0 radical (unpaired) electrons. The fourth-order valence-electron chi connectivity index (χ4n) is 7.74. The van der Waals surface area contributed by atoms with Crippen molar-refractivity contribution in [2.45, 2.75) is 237 Å². The second-order valence-corrected chi connectivity index (χ2v) is 17.1. The highest BCUT2D eigenvalue weighted by Gasteiger charge is 2.46. The first-order valence-electron chi connectivity index (χ1n) is 24.4. The van der Waals surface area contributed by atoms with E-state index in [1.54, 1.807) is 0 Å². The van der Waals surface area contributed by atoms with Gasteiger partial charge >= 0.3 is 0 Å². The maximum atomic E-state index is 7.04. The van der Waals surface area contributed by atoms with Gasteiger partial charge in [0.1, 0.15) is 0 Å². The highest BCUT2D eigenvalue weighted by Crippen LogP contribution is 2.40. The molecule has 0 spiro atoms. The van der Waals surface area contributed by atoms with Crippen LogP contribution in [0.5, 0.6) is 0 Å². The summed E-state index contributed by atoms with van der Waals surface area (Å²) in [5, 5.41) is 0. The summed E-state index contributed by atoms with van der Waals surface area (Å²) in [7, 11) is 4.33. The highest BCUT2D eigenvalue weighted by molar-refractivity contribution is 4.94. The van der Waals surface area contributed by atoms with Crippen molar-refractivity contribution in [2.24, 2.45) is 5.73 Å². The number of nitrogens with zero attached hydrogens (tertiary/aromatic N) is 1. The summed E-state index contributed by atoms with van der Waals surface area (Å²) in [5.74, 6) is -0.422. The second-order valence-electron chi connectivity index (χ2n) is 17.1. The van der Waals surface area contributed by atoms with E-state index in [4.69, 9.17) is 19.9 Å². The average Bonchev–Trinajstić information content (AvgIpc) is 3.54. The van der Waals surface area contributed by atoms with Crippen molar-refractivity contribution >= 4 is 0 Å². The van der Waals surface area contributed by atoms with E-state index in [1.807, 2.05) is 0 Å².